The lowest BCUT2D eigenvalue weighted by Gasteiger charge is -2.15. The number of pyridine rings is 1. The normalized spacial score (nSPS) is 15.1. The number of carbonyl (C=O) groups is 1. The second-order valence-corrected chi connectivity index (χ2v) is 3.12. The maximum atomic E-state index is 10.9. The number of aliphatic hydroxyl groups excluding tert-OH is 1. The molecule has 0 bridgehead atoms. The summed E-state index contributed by atoms with van der Waals surface area (Å²) in [5.41, 5.74) is 1.26. The predicted octanol–water partition coefficient (Wildman–Crippen LogP) is 1.38. The van der Waals surface area contributed by atoms with E-state index in [0.29, 0.717) is 18.4 Å². The SMILES string of the molecule is O=C(O)C1=C(O)CCc2ncccc21. The number of aliphatic carboxylic acids is 1. The second kappa shape index (κ2) is 3.14. The van der Waals surface area contributed by atoms with Gasteiger partial charge in [0, 0.05) is 23.9 Å². The summed E-state index contributed by atoms with van der Waals surface area (Å²) >= 11 is 0. The number of nitrogens with zero attached hydrogens (tertiary/aromatic N) is 1. The highest BCUT2D eigenvalue weighted by Gasteiger charge is 2.24. The molecule has 0 aromatic carbocycles. The first kappa shape index (κ1) is 8.74. The molecule has 0 saturated heterocycles. The minimum absolute atomic E-state index is 0.0145. The van der Waals surface area contributed by atoms with Crippen molar-refractivity contribution in [1.29, 1.82) is 0 Å². The summed E-state index contributed by atoms with van der Waals surface area (Å²) in [6.45, 7) is 0. The lowest BCUT2D eigenvalue weighted by molar-refractivity contribution is -0.130. The Morgan fingerprint density at radius 3 is 2.93 bits per heavy atom. The number of hydrogen-bond acceptors (Lipinski definition) is 3. The van der Waals surface area contributed by atoms with Gasteiger partial charge in [0.2, 0.25) is 0 Å². The molecular formula is C10H9NO3. The van der Waals surface area contributed by atoms with Crippen molar-refractivity contribution in [3.63, 3.8) is 0 Å². The molecule has 0 fully saturated rings. The summed E-state index contributed by atoms with van der Waals surface area (Å²) in [5, 5.41) is 18.4. The molecule has 4 nitrogen and oxygen atoms in total. The van der Waals surface area contributed by atoms with Gasteiger partial charge < -0.3 is 10.2 Å². The zero-order valence-electron chi connectivity index (χ0n) is 7.40. The first-order valence-electron chi connectivity index (χ1n) is 4.30. The van der Waals surface area contributed by atoms with Crippen LogP contribution in [0.4, 0.5) is 0 Å². The number of aromatic nitrogens is 1. The summed E-state index contributed by atoms with van der Waals surface area (Å²) in [4.78, 5) is 15.0. The Bertz CT molecular complexity index is 423. The Balaban J connectivity index is 2.62. The monoisotopic (exact) mass is 191 g/mol. The highest BCUT2D eigenvalue weighted by atomic mass is 16.4. The molecule has 1 aromatic heterocycles. The largest absolute Gasteiger partial charge is 0.511 e. The molecule has 0 unspecified atom stereocenters. The molecule has 1 heterocycles. The van der Waals surface area contributed by atoms with Crippen molar-refractivity contribution in [2.75, 3.05) is 0 Å². The summed E-state index contributed by atoms with van der Waals surface area (Å²) in [6.07, 6.45) is 2.57. The zero-order valence-corrected chi connectivity index (χ0v) is 7.40. The molecular weight excluding hydrogens is 182 g/mol. The van der Waals surface area contributed by atoms with Gasteiger partial charge in [0.25, 0.3) is 0 Å². The van der Waals surface area contributed by atoms with E-state index >= 15 is 0 Å². The highest BCUT2D eigenvalue weighted by molar-refractivity contribution is 6.16. The molecule has 0 amide bonds. The van der Waals surface area contributed by atoms with Crippen molar-refractivity contribution < 1.29 is 15.0 Å². The molecule has 1 aliphatic carbocycles. The third kappa shape index (κ3) is 1.25. The molecule has 4 heteroatoms. The molecule has 0 aliphatic heterocycles. The van der Waals surface area contributed by atoms with E-state index in [4.69, 9.17) is 5.11 Å². The van der Waals surface area contributed by atoms with Crippen LogP contribution in [0.1, 0.15) is 17.7 Å². The van der Waals surface area contributed by atoms with Crippen LogP contribution in [0.3, 0.4) is 0 Å². The van der Waals surface area contributed by atoms with Crippen LogP contribution in [0.2, 0.25) is 0 Å². The van der Waals surface area contributed by atoms with Gasteiger partial charge in [-0.15, -0.1) is 0 Å². The maximum Gasteiger partial charge on any atom is 0.339 e. The van der Waals surface area contributed by atoms with Crippen LogP contribution in [-0.2, 0) is 11.2 Å². The van der Waals surface area contributed by atoms with E-state index in [9.17, 15) is 9.90 Å². The van der Waals surface area contributed by atoms with E-state index in [1.807, 2.05) is 0 Å². The van der Waals surface area contributed by atoms with E-state index < -0.39 is 5.97 Å². The molecule has 0 radical (unpaired) electrons. The number of allylic oxidation sites excluding steroid dienone is 1. The first-order chi connectivity index (χ1) is 6.70. The van der Waals surface area contributed by atoms with Crippen molar-refractivity contribution in [3.05, 3.63) is 35.3 Å². The lowest BCUT2D eigenvalue weighted by Crippen LogP contribution is -2.12. The number of carboxylic acids is 1. The Morgan fingerprint density at radius 2 is 2.21 bits per heavy atom. The standard InChI is InChI=1S/C10H9NO3/c12-8-4-3-7-6(2-1-5-11-7)9(8)10(13)14/h1-2,5,12H,3-4H2,(H,13,14). The van der Waals surface area contributed by atoms with Gasteiger partial charge in [-0.3, -0.25) is 4.98 Å². The van der Waals surface area contributed by atoms with E-state index in [-0.39, 0.29) is 11.3 Å². The molecule has 14 heavy (non-hydrogen) atoms. The predicted molar refractivity (Wildman–Crippen MR) is 49.7 cm³/mol. The zero-order chi connectivity index (χ0) is 10.1. The molecule has 2 N–H and O–H groups in total. The molecule has 0 atom stereocenters. The van der Waals surface area contributed by atoms with Gasteiger partial charge in [-0.2, -0.15) is 0 Å². The highest BCUT2D eigenvalue weighted by Crippen LogP contribution is 2.28. The lowest BCUT2D eigenvalue weighted by atomic mass is 9.93. The van der Waals surface area contributed by atoms with Gasteiger partial charge in [-0.1, -0.05) is 6.07 Å². The van der Waals surface area contributed by atoms with Crippen LogP contribution in [0.15, 0.2) is 24.1 Å². The van der Waals surface area contributed by atoms with Crippen LogP contribution in [-0.4, -0.2) is 21.2 Å². The number of fused-ring (bicyclic) bond motifs is 1. The topological polar surface area (TPSA) is 70.4 Å². The summed E-state index contributed by atoms with van der Waals surface area (Å²) in [7, 11) is 0. The quantitative estimate of drug-likeness (QED) is 0.703. The van der Waals surface area contributed by atoms with Gasteiger partial charge in [0.05, 0.1) is 0 Å². The smallest absolute Gasteiger partial charge is 0.339 e. The summed E-state index contributed by atoms with van der Waals surface area (Å²) in [6, 6.07) is 3.33. The van der Waals surface area contributed by atoms with Crippen LogP contribution >= 0.6 is 0 Å². The summed E-state index contributed by atoms with van der Waals surface area (Å²) in [5.74, 6) is -1.16. The van der Waals surface area contributed by atoms with Gasteiger partial charge in [-0.25, -0.2) is 4.79 Å². The van der Waals surface area contributed by atoms with Gasteiger partial charge in [-0.05, 0) is 12.5 Å². The molecule has 2 rings (SSSR count). The second-order valence-electron chi connectivity index (χ2n) is 3.12. The van der Waals surface area contributed by atoms with Crippen LogP contribution < -0.4 is 0 Å². The van der Waals surface area contributed by atoms with Crippen molar-refractivity contribution in [2.45, 2.75) is 12.8 Å². The molecule has 0 spiro atoms. The molecule has 0 saturated carbocycles. The number of hydrogen-bond donors (Lipinski definition) is 2. The van der Waals surface area contributed by atoms with Gasteiger partial charge >= 0.3 is 5.97 Å². The minimum atomic E-state index is -1.10. The van der Waals surface area contributed by atoms with Crippen molar-refractivity contribution >= 4 is 11.5 Å². The Labute approximate surface area is 80.5 Å². The molecule has 72 valence electrons. The maximum absolute atomic E-state index is 10.9. The number of aryl methyl sites for hydroxylation is 1. The number of rotatable bonds is 1. The number of aliphatic hydroxyl groups is 1. The Kier molecular flexibility index (Phi) is 1.96. The molecule has 1 aromatic rings. The minimum Gasteiger partial charge on any atom is -0.511 e. The Morgan fingerprint density at radius 1 is 1.43 bits per heavy atom. The average molecular weight is 191 g/mol. The van der Waals surface area contributed by atoms with Crippen LogP contribution in [0.5, 0.6) is 0 Å². The van der Waals surface area contributed by atoms with Gasteiger partial charge in [0.15, 0.2) is 0 Å². The number of carboxylic acid groups (broad SMARTS) is 1. The third-order valence-corrected chi connectivity index (χ3v) is 2.26. The fourth-order valence-corrected chi connectivity index (χ4v) is 1.62. The average Bonchev–Trinajstić information content (AvgIpc) is 2.17. The van der Waals surface area contributed by atoms with E-state index in [1.54, 1.807) is 18.3 Å². The van der Waals surface area contributed by atoms with Crippen LogP contribution in [0, 0.1) is 0 Å². The summed E-state index contributed by atoms with van der Waals surface area (Å²) < 4.78 is 0. The fraction of sp³-hybridized carbons (Fsp3) is 0.200. The van der Waals surface area contributed by atoms with E-state index in [0.717, 1.165) is 5.69 Å². The first-order valence-corrected chi connectivity index (χ1v) is 4.30. The Hall–Kier alpha value is -1.84. The van der Waals surface area contributed by atoms with Crippen molar-refractivity contribution in [3.8, 4) is 0 Å². The fourth-order valence-electron chi connectivity index (χ4n) is 1.62. The van der Waals surface area contributed by atoms with E-state index in [1.165, 1.54) is 0 Å². The van der Waals surface area contributed by atoms with E-state index in [2.05, 4.69) is 4.98 Å². The van der Waals surface area contributed by atoms with Crippen molar-refractivity contribution in [2.24, 2.45) is 0 Å². The van der Waals surface area contributed by atoms with Crippen molar-refractivity contribution in [1.82, 2.24) is 4.98 Å². The third-order valence-electron chi connectivity index (χ3n) is 2.26. The van der Waals surface area contributed by atoms with Gasteiger partial charge in [0.1, 0.15) is 11.3 Å². The molecule has 1 aliphatic rings. The van der Waals surface area contributed by atoms with Crippen LogP contribution in [0.25, 0.3) is 5.57 Å².